The second-order valence-electron chi connectivity index (χ2n) is 4.97. The largest absolute Gasteiger partial charge is 0.328 e. The second-order valence-corrected chi connectivity index (χ2v) is 4.97. The lowest BCUT2D eigenvalue weighted by Gasteiger charge is -2.12. The Hall–Kier alpha value is -1.35. The van der Waals surface area contributed by atoms with Gasteiger partial charge in [-0.2, -0.15) is 0 Å². The molecule has 92 valence electrons. The van der Waals surface area contributed by atoms with Gasteiger partial charge in [0.25, 0.3) is 0 Å². The van der Waals surface area contributed by atoms with Gasteiger partial charge in [-0.1, -0.05) is 19.1 Å². The van der Waals surface area contributed by atoms with Gasteiger partial charge >= 0.3 is 0 Å². The van der Waals surface area contributed by atoms with E-state index in [1.807, 2.05) is 13.8 Å². The Kier molecular flexibility index (Phi) is 3.20. The maximum Gasteiger partial charge on any atom is 0.231 e. The molecule has 0 bridgehead atoms. The van der Waals surface area contributed by atoms with Crippen molar-refractivity contribution in [2.45, 2.75) is 45.6 Å². The van der Waals surface area contributed by atoms with Crippen LogP contribution in [0.4, 0.5) is 5.69 Å². The van der Waals surface area contributed by atoms with E-state index in [0.29, 0.717) is 0 Å². The molecule has 1 aromatic rings. The predicted octanol–water partition coefficient (Wildman–Crippen LogP) is 2.19. The van der Waals surface area contributed by atoms with Crippen LogP contribution in [-0.2, 0) is 17.6 Å². The highest BCUT2D eigenvalue weighted by atomic mass is 16.2. The van der Waals surface area contributed by atoms with Crippen LogP contribution in [0.3, 0.4) is 0 Å². The fraction of sp³-hybridized carbons (Fsp3) is 0.500. The lowest BCUT2D eigenvalue weighted by molar-refractivity contribution is -0.116. The van der Waals surface area contributed by atoms with Crippen molar-refractivity contribution in [3.05, 3.63) is 28.8 Å². The predicted molar refractivity (Wildman–Crippen MR) is 70.2 cm³/mol. The molecule has 0 radical (unpaired) electrons. The quantitative estimate of drug-likeness (QED) is 0.839. The van der Waals surface area contributed by atoms with E-state index in [-0.39, 0.29) is 17.9 Å². The molecule has 1 aromatic carbocycles. The summed E-state index contributed by atoms with van der Waals surface area (Å²) < 4.78 is 0. The molecular formula is C14H20N2O. The van der Waals surface area contributed by atoms with Crippen LogP contribution in [0.2, 0.25) is 0 Å². The Morgan fingerprint density at radius 2 is 2.18 bits per heavy atom. The van der Waals surface area contributed by atoms with Crippen LogP contribution in [0.25, 0.3) is 0 Å². The third kappa shape index (κ3) is 2.20. The molecule has 1 heterocycles. The van der Waals surface area contributed by atoms with Gasteiger partial charge in [0.1, 0.15) is 0 Å². The van der Waals surface area contributed by atoms with Crippen LogP contribution < -0.4 is 11.1 Å². The number of anilines is 1. The first-order valence-corrected chi connectivity index (χ1v) is 6.25. The van der Waals surface area contributed by atoms with E-state index in [1.54, 1.807) is 0 Å². The zero-order valence-corrected chi connectivity index (χ0v) is 10.7. The zero-order chi connectivity index (χ0) is 12.6. The number of amides is 1. The molecule has 0 saturated heterocycles. The lowest BCUT2D eigenvalue weighted by atomic mass is 9.94. The van der Waals surface area contributed by atoms with E-state index in [2.05, 4.69) is 24.4 Å². The van der Waals surface area contributed by atoms with Gasteiger partial charge in [-0.3, -0.25) is 4.79 Å². The first-order valence-electron chi connectivity index (χ1n) is 6.25. The highest BCUT2D eigenvalue weighted by Crippen LogP contribution is 2.36. The Morgan fingerprint density at radius 1 is 1.47 bits per heavy atom. The van der Waals surface area contributed by atoms with Crippen molar-refractivity contribution in [1.29, 1.82) is 0 Å². The third-order valence-electron chi connectivity index (χ3n) is 3.36. The molecular weight excluding hydrogens is 212 g/mol. The first-order chi connectivity index (χ1) is 8.02. The van der Waals surface area contributed by atoms with Gasteiger partial charge in [0, 0.05) is 11.7 Å². The summed E-state index contributed by atoms with van der Waals surface area (Å²) in [6, 6.07) is 4.44. The number of hydrogen-bond acceptors (Lipinski definition) is 2. The van der Waals surface area contributed by atoms with Crippen molar-refractivity contribution >= 4 is 11.6 Å². The molecule has 1 aliphatic heterocycles. The van der Waals surface area contributed by atoms with Crippen LogP contribution in [0, 0.1) is 0 Å². The van der Waals surface area contributed by atoms with Crippen LogP contribution >= 0.6 is 0 Å². The van der Waals surface area contributed by atoms with Crippen LogP contribution in [0.5, 0.6) is 0 Å². The molecule has 0 fully saturated rings. The highest BCUT2D eigenvalue weighted by molar-refractivity contribution is 6.03. The fourth-order valence-corrected chi connectivity index (χ4v) is 2.43. The number of fused-ring (bicyclic) bond motifs is 1. The average Bonchev–Trinajstić information content (AvgIpc) is 2.54. The lowest BCUT2D eigenvalue weighted by Crippen LogP contribution is -2.18. The van der Waals surface area contributed by atoms with E-state index in [4.69, 9.17) is 5.73 Å². The van der Waals surface area contributed by atoms with Gasteiger partial charge in [-0.15, -0.1) is 0 Å². The first kappa shape index (κ1) is 12.1. The number of hydrogen-bond donors (Lipinski definition) is 2. The van der Waals surface area contributed by atoms with E-state index >= 15 is 0 Å². The number of aryl methyl sites for hydroxylation is 1. The van der Waals surface area contributed by atoms with Crippen molar-refractivity contribution in [1.82, 2.24) is 0 Å². The monoisotopic (exact) mass is 232 g/mol. The maximum atomic E-state index is 11.7. The number of benzene rings is 1. The minimum Gasteiger partial charge on any atom is -0.328 e. The molecule has 3 N–H and O–H groups in total. The van der Waals surface area contributed by atoms with Gasteiger partial charge in [0.2, 0.25) is 5.91 Å². The topological polar surface area (TPSA) is 55.1 Å². The molecule has 17 heavy (non-hydrogen) atoms. The summed E-state index contributed by atoms with van der Waals surface area (Å²) in [5.74, 6) is 0.0657. The summed E-state index contributed by atoms with van der Waals surface area (Å²) in [7, 11) is 0. The standard InChI is InChI=1S/C14H20N2O/c1-4-11-6-10(5-8(2)15)7-12-9(3)14(17)16-13(11)12/h6-9H,4-5,15H2,1-3H3,(H,16,17). The molecule has 3 heteroatoms. The fourth-order valence-electron chi connectivity index (χ4n) is 2.43. The van der Waals surface area contributed by atoms with Crippen molar-refractivity contribution in [3.8, 4) is 0 Å². The highest BCUT2D eigenvalue weighted by Gasteiger charge is 2.28. The van der Waals surface area contributed by atoms with Gasteiger partial charge < -0.3 is 11.1 Å². The van der Waals surface area contributed by atoms with Crippen LogP contribution in [0.1, 0.15) is 43.4 Å². The van der Waals surface area contributed by atoms with Gasteiger partial charge in [0.15, 0.2) is 0 Å². The van der Waals surface area contributed by atoms with Crippen LogP contribution in [0.15, 0.2) is 12.1 Å². The summed E-state index contributed by atoms with van der Waals surface area (Å²) >= 11 is 0. The third-order valence-corrected chi connectivity index (χ3v) is 3.36. The van der Waals surface area contributed by atoms with Gasteiger partial charge in [-0.25, -0.2) is 0 Å². The molecule has 1 aliphatic rings. The molecule has 1 amide bonds. The molecule has 2 atom stereocenters. The van der Waals surface area contributed by atoms with E-state index < -0.39 is 0 Å². The van der Waals surface area contributed by atoms with Gasteiger partial charge in [0.05, 0.1) is 5.92 Å². The minimum atomic E-state index is -0.0386. The van der Waals surface area contributed by atoms with Crippen molar-refractivity contribution in [2.24, 2.45) is 5.73 Å². The number of carbonyl (C=O) groups is 1. The SMILES string of the molecule is CCc1cc(CC(C)N)cc2c1NC(=O)C2C. The minimum absolute atomic E-state index is 0.0386. The molecule has 0 aromatic heterocycles. The zero-order valence-electron chi connectivity index (χ0n) is 10.7. The maximum absolute atomic E-state index is 11.7. The smallest absolute Gasteiger partial charge is 0.231 e. The summed E-state index contributed by atoms with van der Waals surface area (Å²) in [4.78, 5) is 11.7. The normalized spacial score (nSPS) is 20.0. The van der Waals surface area contributed by atoms with Crippen LogP contribution in [-0.4, -0.2) is 11.9 Å². The van der Waals surface area contributed by atoms with Crippen molar-refractivity contribution in [2.75, 3.05) is 5.32 Å². The average molecular weight is 232 g/mol. The molecule has 0 saturated carbocycles. The summed E-state index contributed by atoms with van der Waals surface area (Å²) in [5, 5.41) is 2.98. The van der Waals surface area contributed by atoms with Gasteiger partial charge in [-0.05, 0) is 43.4 Å². The number of nitrogens with two attached hydrogens (primary N) is 1. The summed E-state index contributed by atoms with van der Waals surface area (Å²) in [5.41, 5.74) is 10.5. The molecule has 2 unspecified atom stereocenters. The summed E-state index contributed by atoms with van der Waals surface area (Å²) in [6.07, 6.45) is 1.79. The van der Waals surface area contributed by atoms with E-state index in [9.17, 15) is 4.79 Å². The molecule has 0 spiro atoms. The Balaban J connectivity index is 2.45. The Bertz CT molecular complexity index is 452. The Labute approximate surface area is 102 Å². The molecule has 3 nitrogen and oxygen atoms in total. The van der Waals surface area contributed by atoms with E-state index in [1.165, 1.54) is 11.1 Å². The van der Waals surface area contributed by atoms with E-state index in [0.717, 1.165) is 24.1 Å². The van der Waals surface area contributed by atoms with Crippen molar-refractivity contribution in [3.63, 3.8) is 0 Å². The number of nitrogens with one attached hydrogen (secondary N) is 1. The molecule has 2 rings (SSSR count). The Morgan fingerprint density at radius 3 is 2.76 bits per heavy atom. The van der Waals surface area contributed by atoms with Crippen molar-refractivity contribution < 1.29 is 4.79 Å². The second kappa shape index (κ2) is 4.49. The number of rotatable bonds is 3. The molecule has 0 aliphatic carbocycles. The number of carbonyl (C=O) groups excluding carboxylic acids is 1. The summed E-state index contributed by atoms with van der Waals surface area (Å²) in [6.45, 7) is 6.07.